The van der Waals surface area contributed by atoms with E-state index < -0.39 is 23.5 Å². The van der Waals surface area contributed by atoms with E-state index in [0.29, 0.717) is 35.1 Å². The zero-order valence-corrected chi connectivity index (χ0v) is 20.5. The zero-order chi connectivity index (χ0) is 26.1. The van der Waals surface area contributed by atoms with E-state index in [4.69, 9.17) is 23.7 Å². The van der Waals surface area contributed by atoms with Gasteiger partial charge in [-0.05, 0) is 48.9 Å². The Morgan fingerprint density at radius 2 is 1.65 bits per heavy atom. The molecule has 0 spiro atoms. The first-order chi connectivity index (χ1) is 18.0. The highest BCUT2D eigenvalue weighted by molar-refractivity contribution is 6.51. The predicted octanol–water partition coefficient (Wildman–Crippen LogP) is 4.46. The molecule has 3 aromatic carbocycles. The molecule has 2 aliphatic heterocycles. The number of methoxy groups -OCH3 is 2. The van der Waals surface area contributed by atoms with Gasteiger partial charge in [0.25, 0.3) is 11.7 Å². The van der Waals surface area contributed by atoms with E-state index in [0.717, 1.165) is 0 Å². The monoisotopic (exact) mass is 503 g/mol. The molecule has 2 aliphatic rings. The molecule has 1 unspecified atom stereocenters. The highest BCUT2D eigenvalue weighted by atomic mass is 16.7. The second kappa shape index (κ2) is 9.77. The van der Waals surface area contributed by atoms with Gasteiger partial charge >= 0.3 is 0 Å². The molecule has 0 aromatic heterocycles. The largest absolute Gasteiger partial charge is 0.506 e. The Balaban J connectivity index is 1.73. The van der Waals surface area contributed by atoms with Crippen molar-refractivity contribution in [2.24, 2.45) is 0 Å². The number of nitrogens with zero attached hydrogens (tertiary/aromatic N) is 1. The van der Waals surface area contributed by atoms with Gasteiger partial charge in [-0.15, -0.1) is 0 Å². The molecular weight excluding hydrogens is 478 g/mol. The van der Waals surface area contributed by atoms with Crippen molar-refractivity contribution in [1.29, 1.82) is 0 Å². The average Bonchev–Trinajstić information content (AvgIpc) is 3.50. The number of hydrogen-bond acceptors (Lipinski definition) is 8. The Labute approximate surface area is 213 Å². The Morgan fingerprint density at radius 3 is 2.30 bits per heavy atom. The third-order valence-electron chi connectivity index (χ3n) is 6.25. The molecule has 1 atom stereocenters. The summed E-state index contributed by atoms with van der Waals surface area (Å²) >= 11 is 0. The molecule has 1 fully saturated rings. The summed E-state index contributed by atoms with van der Waals surface area (Å²) in [6.45, 7) is 2.43. The van der Waals surface area contributed by atoms with Crippen LogP contribution in [0.15, 0.2) is 66.2 Å². The normalized spacial score (nSPS) is 17.7. The minimum Gasteiger partial charge on any atom is -0.506 e. The van der Waals surface area contributed by atoms with Gasteiger partial charge in [0, 0.05) is 11.8 Å². The van der Waals surface area contributed by atoms with Crippen LogP contribution in [0.5, 0.6) is 28.7 Å². The summed E-state index contributed by atoms with van der Waals surface area (Å²) in [4.78, 5) is 28.3. The summed E-state index contributed by atoms with van der Waals surface area (Å²) in [6.07, 6.45) is 0. The summed E-state index contributed by atoms with van der Waals surface area (Å²) < 4.78 is 27.3. The van der Waals surface area contributed by atoms with E-state index in [-0.39, 0.29) is 29.4 Å². The lowest BCUT2D eigenvalue weighted by Gasteiger charge is -2.26. The van der Waals surface area contributed by atoms with E-state index in [2.05, 4.69) is 0 Å². The minimum atomic E-state index is -0.953. The second-order valence-corrected chi connectivity index (χ2v) is 8.25. The predicted molar refractivity (Wildman–Crippen MR) is 135 cm³/mol. The van der Waals surface area contributed by atoms with Crippen molar-refractivity contribution >= 4 is 23.1 Å². The molecule has 9 heteroatoms. The summed E-state index contributed by atoms with van der Waals surface area (Å²) in [6, 6.07) is 16.0. The number of aliphatic hydroxyl groups is 1. The molecule has 0 radical (unpaired) electrons. The minimum absolute atomic E-state index is 0.0630. The molecule has 1 saturated heterocycles. The van der Waals surface area contributed by atoms with Crippen LogP contribution in [0.4, 0.5) is 5.69 Å². The van der Waals surface area contributed by atoms with E-state index in [1.165, 1.54) is 19.1 Å². The van der Waals surface area contributed by atoms with Gasteiger partial charge in [-0.2, -0.15) is 0 Å². The van der Waals surface area contributed by atoms with E-state index in [9.17, 15) is 14.7 Å². The number of Topliss-reactive ketones (excluding diaryl/α,β-unsaturated/α-hetero) is 1. The molecule has 0 saturated carbocycles. The smallest absolute Gasteiger partial charge is 0.300 e. The maximum Gasteiger partial charge on any atom is 0.300 e. The number of carbonyl (C=O) groups excluding carboxylic acids is 2. The lowest BCUT2D eigenvalue weighted by Crippen LogP contribution is -2.29. The number of rotatable bonds is 7. The van der Waals surface area contributed by atoms with Crippen molar-refractivity contribution in [1.82, 2.24) is 0 Å². The molecule has 1 amide bonds. The average molecular weight is 504 g/mol. The number of amides is 1. The molecule has 1 N–H and O–H groups in total. The zero-order valence-electron chi connectivity index (χ0n) is 20.5. The molecule has 5 rings (SSSR count). The van der Waals surface area contributed by atoms with Gasteiger partial charge in [-0.3, -0.25) is 14.5 Å². The van der Waals surface area contributed by atoms with Gasteiger partial charge in [0.1, 0.15) is 28.6 Å². The van der Waals surface area contributed by atoms with Crippen LogP contribution in [-0.2, 0) is 9.59 Å². The molecule has 37 heavy (non-hydrogen) atoms. The second-order valence-electron chi connectivity index (χ2n) is 8.25. The van der Waals surface area contributed by atoms with E-state index >= 15 is 0 Å². The van der Waals surface area contributed by atoms with Gasteiger partial charge in [-0.1, -0.05) is 18.2 Å². The summed E-state index contributed by atoms with van der Waals surface area (Å²) in [5, 5.41) is 11.6. The van der Waals surface area contributed by atoms with Crippen molar-refractivity contribution in [2.75, 3.05) is 32.5 Å². The molecule has 190 valence electrons. The molecule has 2 heterocycles. The van der Waals surface area contributed by atoms with Gasteiger partial charge in [-0.25, -0.2) is 0 Å². The SMILES string of the molecule is CCOc1ccc(C2/C(=C(\O)c3c(OC)cccc3OC)C(=O)C(=O)N2c2ccc3c(c2)OCO3)cc1. The Bertz CT molecular complexity index is 1370. The molecule has 9 nitrogen and oxygen atoms in total. The van der Waals surface area contributed by atoms with Gasteiger partial charge in [0.15, 0.2) is 11.5 Å². The number of benzene rings is 3. The number of anilines is 1. The lowest BCUT2D eigenvalue weighted by molar-refractivity contribution is -0.132. The van der Waals surface area contributed by atoms with Crippen molar-refractivity contribution < 1.29 is 38.4 Å². The summed E-state index contributed by atoms with van der Waals surface area (Å²) in [7, 11) is 2.89. The molecule has 3 aromatic rings. The number of aliphatic hydroxyl groups excluding tert-OH is 1. The van der Waals surface area contributed by atoms with Gasteiger partial charge in [0.05, 0.1) is 32.4 Å². The van der Waals surface area contributed by atoms with E-state index in [1.54, 1.807) is 60.7 Å². The Morgan fingerprint density at radius 1 is 0.973 bits per heavy atom. The number of ketones is 1. The molecule has 0 bridgehead atoms. The van der Waals surface area contributed by atoms with Crippen molar-refractivity contribution in [3.05, 3.63) is 77.4 Å². The number of ether oxygens (including phenoxy) is 5. The standard InChI is InChI=1S/C28H25NO8/c1-4-35-18-11-8-16(9-12-18)25-24(26(30)23-20(33-2)6-5-7-21(23)34-3)27(31)28(32)29(25)17-10-13-19-22(14-17)37-15-36-19/h5-14,25,30H,4,15H2,1-3H3/b26-24+. The Kier molecular flexibility index (Phi) is 6.35. The van der Waals surface area contributed by atoms with Crippen LogP contribution in [0.2, 0.25) is 0 Å². The summed E-state index contributed by atoms with van der Waals surface area (Å²) in [5.41, 5.74) is 1.08. The fourth-order valence-corrected chi connectivity index (χ4v) is 4.58. The number of fused-ring (bicyclic) bond motifs is 1. The quantitative estimate of drug-likeness (QED) is 0.286. The van der Waals surface area contributed by atoms with Crippen molar-refractivity contribution in [3.8, 4) is 28.7 Å². The first-order valence-corrected chi connectivity index (χ1v) is 11.6. The third-order valence-corrected chi connectivity index (χ3v) is 6.25. The maximum absolute atomic E-state index is 13.5. The van der Waals surface area contributed by atoms with Crippen LogP contribution in [0, 0.1) is 0 Å². The van der Waals surface area contributed by atoms with Crippen molar-refractivity contribution in [2.45, 2.75) is 13.0 Å². The summed E-state index contributed by atoms with van der Waals surface area (Å²) in [5.74, 6) is 0.156. The lowest BCUT2D eigenvalue weighted by atomic mass is 9.94. The Hall–Kier alpha value is -4.66. The number of hydrogen-bond donors (Lipinski definition) is 1. The first-order valence-electron chi connectivity index (χ1n) is 11.6. The van der Waals surface area contributed by atoms with Crippen LogP contribution in [0.25, 0.3) is 5.76 Å². The molecular formula is C28H25NO8. The highest BCUT2D eigenvalue weighted by Gasteiger charge is 2.47. The van der Waals surface area contributed by atoms with E-state index in [1.807, 2.05) is 6.92 Å². The van der Waals surface area contributed by atoms with Gasteiger partial charge in [0.2, 0.25) is 6.79 Å². The van der Waals surface area contributed by atoms with Crippen LogP contribution in [0.1, 0.15) is 24.1 Å². The molecule has 0 aliphatic carbocycles. The fourth-order valence-electron chi connectivity index (χ4n) is 4.58. The van der Waals surface area contributed by atoms with Crippen LogP contribution < -0.4 is 28.6 Å². The van der Waals surface area contributed by atoms with Crippen LogP contribution in [0.3, 0.4) is 0 Å². The fraction of sp³-hybridized carbons (Fsp3) is 0.214. The topological polar surface area (TPSA) is 104 Å². The first kappa shape index (κ1) is 24.1. The van der Waals surface area contributed by atoms with Crippen molar-refractivity contribution in [3.63, 3.8) is 0 Å². The van der Waals surface area contributed by atoms with Gasteiger partial charge < -0.3 is 28.8 Å². The highest BCUT2D eigenvalue weighted by Crippen LogP contribution is 2.47. The van der Waals surface area contributed by atoms with Crippen LogP contribution >= 0.6 is 0 Å². The maximum atomic E-state index is 13.5. The number of carbonyl (C=O) groups is 2. The van der Waals surface area contributed by atoms with Crippen LogP contribution in [-0.4, -0.2) is 44.4 Å². The third kappa shape index (κ3) is 4.08.